The Kier molecular flexibility index (Phi) is 4.64. The number of hydrogen-bond donors (Lipinski definition) is 2. The summed E-state index contributed by atoms with van der Waals surface area (Å²) in [7, 11) is 0. The fraction of sp³-hybridized carbons (Fsp3) is 0.348. The third kappa shape index (κ3) is 2.94. The van der Waals surface area contributed by atoms with Crippen LogP contribution in [-0.4, -0.2) is 40.0 Å². The average molecular weight is 423 g/mol. The lowest BCUT2D eigenvalue weighted by atomic mass is 9.85. The Labute approximate surface area is 180 Å². The molecule has 154 valence electrons. The summed E-state index contributed by atoms with van der Waals surface area (Å²) in [4.78, 5) is 30.6. The number of carbonyl (C=O) groups is 2. The summed E-state index contributed by atoms with van der Waals surface area (Å²) in [6, 6.07) is 14.8. The molecule has 0 spiro atoms. The molecule has 3 aliphatic heterocycles. The summed E-state index contributed by atoms with van der Waals surface area (Å²) in [6.07, 6.45) is 1.98. The van der Waals surface area contributed by atoms with Crippen LogP contribution < -0.4 is 5.73 Å². The normalized spacial score (nSPS) is 28.1. The third-order valence-corrected chi connectivity index (χ3v) is 7.01. The summed E-state index contributed by atoms with van der Waals surface area (Å²) >= 11 is 5.97. The quantitative estimate of drug-likeness (QED) is 0.450. The van der Waals surface area contributed by atoms with Gasteiger partial charge in [-0.2, -0.15) is 0 Å². The number of hydrogen-bond acceptors (Lipinski definition) is 4. The zero-order valence-electron chi connectivity index (χ0n) is 16.4. The number of benzene rings is 2. The predicted octanol–water partition coefficient (Wildman–Crippen LogP) is 2.94. The van der Waals surface area contributed by atoms with E-state index in [0.717, 1.165) is 30.5 Å². The topological polar surface area (TPSA) is 90.5 Å². The van der Waals surface area contributed by atoms with E-state index in [9.17, 15) is 9.59 Å². The Morgan fingerprint density at radius 3 is 2.37 bits per heavy atom. The van der Waals surface area contributed by atoms with Crippen molar-refractivity contribution in [3.8, 4) is 0 Å². The van der Waals surface area contributed by atoms with Gasteiger partial charge in [0.15, 0.2) is 0 Å². The van der Waals surface area contributed by atoms with Gasteiger partial charge in [-0.25, -0.2) is 0 Å². The first kappa shape index (κ1) is 19.3. The van der Waals surface area contributed by atoms with Gasteiger partial charge in [0.1, 0.15) is 5.84 Å². The first-order valence-electron chi connectivity index (χ1n) is 10.3. The molecule has 0 aromatic heterocycles. The molecule has 0 aliphatic carbocycles. The predicted molar refractivity (Wildman–Crippen MR) is 114 cm³/mol. The molecule has 0 unspecified atom stereocenters. The van der Waals surface area contributed by atoms with Crippen LogP contribution in [0.1, 0.15) is 35.6 Å². The number of rotatable bonds is 4. The second-order valence-electron chi connectivity index (χ2n) is 8.37. The molecule has 3 saturated heterocycles. The van der Waals surface area contributed by atoms with Crippen LogP contribution in [-0.2, 0) is 16.1 Å². The number of nitrogens with two attached hydrogens (primary N) is 1. The molecule has 2 aromatic rings. The number of likely N-dealkylation sites (tertiary alicyclic amines) is 1. The lowest BCUT2D eigenvalue weighted by Crippen LogP contribution is -2.38. The van der Waals surface area contributed by atoms with Crippen LogP contribution in [0.3, 0.4) is 0 Å². The van der Waals surface area contributed by atoms with Gasteiger partial charge in [0, 0.05) is 22.7 Å². The second kappa shape index (κ2) is 7.22. The number of nitrogens with zero attached hydrogens (tertiary/aromatic N) is 2. The fourth-order valence-electron chi connectivity index (χ4n) is 5.45. The van der Waals surface area contributed by atoms with Crippen LogP contribution in [0.4, 0.5) is 0 Å². The molecule has 3 N–H and O–H groups in total. The monoisotopic (exact) mass is 422 g/mol. The van der Waals surface area contributed by atoms with Crippen molar-refractivity contribution in [3.63, 3.8) is 0 Å². The van der Waals surface area contributed by atoms with Gasteiger partial charge < -0.3 is 5.73 Å². The van der Waals surface area contributed by atoms with Gasteiger partial charge in [0.25, 0.3) is 0 Å². The van der Waals surface area contributed by atoms with E-state index >= 15 is 0 Å². The zero-order valence-corrected chi connectivity index (χ0v) is 17.2. The van der Waals surface area contributed by atoms with Gasteiger partial charge >= 0.3 is 0 Å². The lowest BCUT2D eigenvalue weighted by Gasteiger charge is -2.29. The molecule has 2 amide bonds. The van der Waals surface area contributed by atoms with Crippen LogP contribution in [0, 0.1) is 17.2 Å². The van der Waals surface area contributed by atoms with Crippen molar-refractivity contribution in [1.82, 2.24) is 9.80 Å². The highest BCUT2D eigenvalue weighted by molar-refractivity contribution is 6.30. The fourth-order valence-corrected chi connectivity index (χ4v) is 5.58. The minimum Gasteiger partial charge on any atom is -0.384 e. The molecular weight excluding hydrogens is 400 g/mol. The van der Waals surface area contributed by atoms with Crippen molar-refractivity contribution in [2.75, 3.05) is 6.54 Å². The number of halogens is 1. The first-order chi connectivity index (χ1) is 14.5. The standard InChI is InChI=1S/C23H23ClN4O2/c24-16-9-3-13(4-10-16)12-28-22(29)18-17-2-1-11-27(17)20(19(18)23(28)30)14-5-7-15(8-6-14)21(25)26/h3-10,17-20H,1-2,11-12H2,(H3,25,26)/t17-,18-,19-,20-/m0/s1. The molecule has 0 saturated carbocycles. The van der Waals surface area contributed by atoms with E-state index in [1.165, 1.54) is 4.90 Å². The smallest absolute Gasteiger partial charge is 0.235 e. The van der Waals surface area contributed by atoms with Crippen molar-refractivity contribution >= 4 is 29.3 Å². The van der Waals surface area contributed by atoms with Crippen molar-refractivity contribution in [1.29, 1.82) is 5.41 Å². The average Bonchev–Trinajstić information content (AvgIpc) is 3.38. The van der Waals surface area contributed by atoms with Crippen molar-refractivity contribution in [3.05, 3.63) is 70.2 Å². The van der Waals surface area contributed by atoms with Gasteiger partial charge in [-0.05, 0) is 42.6 Å². The molecule has 0 bridgehead atoms. The van der Waals surface area contributed by atoms with E-state index in [1.54, 1.807) is 12.1 Å². The number of amides is 2. The van der Waals surface area contributed by atoms with Crippen molar-refractivity contribution < 1.29 is 9.59 Å². The number of amidine groups is 1. The summed E-state index contributed by atoms with van der Waals surface area (Å²) in [5.74, 6) is -0.774. The summed E-state index contributed by atoms with van der Waals surface area (Å²) in [6.45, 7) is 1.18. The SMILES string of the molecule is N=C(N)c1ccc([C@H]2[C@H]3C(=O)N(Cc4ccc(Cl)cc4)C(=O)[C@H]3[C@@H]3CCCN32)cc1. The zero-order chi connectivity index (χ0) is 21.0. The van der Waals surface area contributed by atoms with E-state index in [0.29, 0.717) is 10.6 Å². The molecule has 0 radical (unpaired) electrons. The number of imide groups is 1. The van der Waals surface area contributed by atoms with Gasteiger partial charge in [-0.1, -0.05) is 48.0 Å². The van der Waals surface area contributed by atoms with Gasteiger partial charge in [-0.3, -0.25) is 24.8 Å². The Hall–Kier alpha value is -2.70. The molecule has 3 heterocycles. The molecule has 2 aromatic carbocycles. The Morgan fingerprint density at radius 1 is 1.03 bits per heavy atom. The Morgan fingerprint density at radius 2 is 1.70 bits per heavy atom. The molecule has 3 fully saturated rings. The van der Waals surface area contributed by atoms with E-state index < -0.39 is 0 Å². The van der Waals surface area contributed by atoms with Crippen molar-refractivity contribution in [2.45, 2.75) is 31.5 Å². The first-order valence-corrected chi connectivity index (χ1v) is 10.6. The highest BCUT2D eigenvalue weighted by Gasteiger charge is 2.62. The molecule has 5 rings (SSSR count). The maximum atomic E-state index is 13.5. The maximum absolute atomic E-state index is 13.5. The number of nitrogens with one attached hydrogen (secondary N) is 1. The molecule has 6 nitrogen and oxygen atoms in total. The second-order valence-corrected chi connectivity index (χ2v) is 8.81. The lowest BCUT2D eigenvalue weighted by molar-refractivity contribution is -0.142. The van der Waals surface area contributed by atoms with Crippen LogP contribution in [0.5, 0.6) is 0 Å². The van der Waals surface area contributed by atoms with Gasteiger partial charge in [-0.15, -0.1) is 0 Å². The van der Waals surface area contributed by atoms with E-state index in [1.807, 2.05) is 36.4 Å². The molecule has 3 aliphatic rings. The summed E-state index contributed by atoms with van der Waals surface area (Å²) in [5, 5.41) is 8.24. The van der Waals surface area contributed by atoms with E-state index in [4.69, 9.17) is 22.7 Å². The van der Waals surface area contributed by atoms with Crippen LogP contribution in [0.15, 0.2) is 48.5 Å². The molecule has 4 atom stereocenters. The van der Waals surface area contributed by atoms with Crippen molar-refractivity contribution in [2.24, 2.45) is 17.6 Å². The summed E-state index contributed by atoms with van der Waals surface area (Å²) in [5.41, 5.74) is 8.15. The van der Waals surface area contributed by atoms with Gasteiger partial charge in [0.05, 0.1) is 18.4 Å². The molecular formula is C23H23ClN4O2. The number of carbonyl (C=O) groups excluding carboxylic acids is 2. The minimum atomic E-state index is -0.363. The Bertz CT molecular complexity index is 1020. The largest absolute Gasteiger partial charge is 0.384 e. The highest BCUT2D eigenvalue weighted by Crippen LogP contribution is 2.53. The van der Waals surface area contributed by atoms with E-state index in [-0.39, 0.29) is 48.1 Å². The highest BCUT2D eigenvalue weighted by atomic mass is 35.5. The Balaban J connectivity index is 1.48. The summed E-state index contributed by atoms with van der Waals surface area (Å²) < 4.78 is 0. The number of fused-ring (bicyclic) bond motifs is 3. The molecule has 30 heavy (non-hydrogen) atoms. The minimum absolute atomic E-state index is 0.0196. The number of nitrogen functional groups attached to an aromatic ring is 1. The molecule has 7 heteroatoms. The van der Waals surface area contributed by atoms with Crippen LogP contribution in [0.2, 0.25) is 5.02 Å². The van der Waals surface area contributed by atoms with E-state index in [2.05, 4.69) is 4.90 Å². The maximum Gasteiger partial charge on any atom is 0.235 e. The third-order valence-electron chi connectivity index (χ3n) is 6.76. The van der Waals surface area contributed by atoms with Gasteiger partial charge in [0.2, 0.25) is 11.8 Å². The van der Waals surface area contributed by atoms with Crippen LogP contribution in [0.25, 0.3) is 0 Å². The van der Waals surface area contributed by atoms with Crippen LogP contribution >= 0.6 is 11.6 Å².